The molecule has 0 fully saturated rings. The molecule has 1 N–H and O–H groups in total. The number of imidazole rings is 1. The number of nitrogens with zero attached hydrogens (tertiary/aromatic N) is 3. The van der Waals surface area contributed by atoms with Crippen molar-refractivity contribution < 1.29 is 4.39 Å². The van der Waals surface area contributed by atoms with Crippen molar-refractivity contribution in [1.82, 2.24) is 14.6 Å². The molecule has 1 aromatic carbocycles. The zero-order valence-electron chi connectivity index (χ0n) is 8.84. The summed E-state index contributed by atoms with van der Waals surface area (Å²) >= 11 is 0. The molecule has 2 heterocycles. The van der Waals surface area contributed by atoms with Crippen molar-refractivity contribution in [2.24, 2.45) is 0 Å². The Kier molecular flexibility index (Phi) is 2.22. The molecule has 0 aliphatic heterocycles. The standard InChI is InChI=1S/C12H9FN4/c13-9-3-1-2-4-10(9)15-11-5-6-12-14-7-8-17(12)16-11/h1-8H,(H,15,16). The van der Waals surface area contributed by atoms with E-state index in [0.717, 1.165) is 5.65 Å². The Morgan fingerprint density at radius 2 is 2.00 bits per heavy atom. The average Bonchev–Trinajstić information content (AvgIpc) is 2.79. The summed E-state index contributed by atoms with van der Waals surface area (Å²) in [6, 6.07) is 10.0. The van der Waals surface area contributed by atoms with E-state index in [-0.39, 0.29) is 5.82 Å². The van der Waals surface area contributed by atoms with Crippen LogP contribution in [-0.2, 0) is 0 Å². The lowest BCUT2D eigenvalue weighted by atomic mass is 10.3. The molecular formula is C12H9FN4. The highest BCUT2D eigenvalue weighted by molar-refractivity contribution is 5.57. The van der Waals surface area contributed by atoms with Gasteiger partial charge in [-0.15, -0.1) is 5.10 Å². The minimum Gasteiger partial charge on any atom is -0.336 e. The maximum absolute atomic E-state index is 13.4. The molecule has 5 heteroatoms. The first-order chi connectivity index (χ1) is 8.33. The van der Waals surface area contributed by atoms with E-state index < -0.39 is 0 Å². The van der Waals surface area contributed by atoms with Crippen molar-refractivity contribution in [1.29, 1.82) is 0 Å². The Hall–Kier alpha value is -2.43. The lowest BCUT2D eigenvalue weighted by Crippen LogP contribution is -1.99. The second-order valence-electron chi connectivity index (χ2n) is 3.55. The molecule has 0 aliphatic carbocycles. The Morgan fingerprint density at radius 1 is 1.12 bits per heavy atom. The van der Waals surface area contributed by atoms with Crippen LogP contribution in [0, 0.1) is 5.82 Å². The first-order valence-corrected chi connectivity index (χ1v) is 5.15. The Bertz CT molecular complexity index is 662. The number of aromatic nitrogens is 3. The number of hydrogen-bond donors (Lipinski definition) is 1. The fourth-order valence-corrected chi connectivity index (χ4v) is 1.58. The van der Waals surface area contributed by atoms with Crippen molar-refractivity contribution in [3.05, 3.63) is 54.6 Å². The number of benzene rings is 1. The number of anilines is 2. The molecule has 4 nitrogen and oxygen atoms in total. The summed E-state index contributed by atoms with van der Waals surface area (Å²) < 4.78 is 15.0. The van der Waals surface area contributed by atoms with E-state index in [1.54, 1.807) is 41.2 Å². The second-order valence-corrected chi connectivity index (χ2v) is 3.55. The van der Waals surface area contributed by atoms with E-state index in [4.69, 9.17) is 0 Å². The highest BCUT2D eigenvalue weighted by Gasteiger charge is 2.02. The second kappa shape index (κ2) is 3.86. The largest absolute Gasteiger partial charge is 0.336 e. The van der Waals surface area contributed by atoms with Crippen LogP contribution in [0.3, 0.4) is 0 Å². The SMILES string of the molecule is Fc1ccccc1Nc1ccc2nccn2n1. The fourth-order valence-electron chi connectivity index (χ4n) is 1.58. The first kappa shape index (κ1) is 9.77. The van der Waals surface area contributed by atoms with Gasteiger partial charge in [0.15, 0.2) is 11.5 Å². The van der Waals surface area contributed by atoms with Gasteiger partial charge in [-0.2, -0.15) is 0 Å². The normalized spacial score (nSPS) is 10.6. The van der Waals surface area contributed by atoms with Gasteiger partial charge in [0, 0.05) is 12.4 Å². The van der Waals surface area contributed by atoms with Crippen molar-refractivity contribution in [3.63, 3.8) is 0 Å². The van der Waals surface area contributed by atoms with E-state index in [9.17, 15) is 4.39 Å². The predicted molar refractivity (Wildman–Crippen MR) is 62.7 cm³/mol. The first-order valence-electron chi connectivity index (χ1n) is 5.15. The van der Waals surface area contributed by atoms with E-state index >= 15 is 0 Å². The molecule has 0 aliphatic rings. The lowest BCUT2D eigenvalue weighted by Gasteiger charge is -2.06. The number of rotatable bonds is 2. The van der Waals surface area contributed by atoms with E-state index in [1.807, 2.05) is 6.07 Å². The minimum absolute atomic E-state index is 0.306. The van der Waals surface area contributed by atoms with Gasteiger partial charge in [0.1, 0.15) is 5.82 Å². The van der Waals surface area contributed by atoms with Crippen LogP contribution in [-0.4, -0.2) is 14.6 Å². The van der Waals surface area contributed by atoms with Crippen LogP contribution in [0.5, 0.6) is 0 Å². The summed E-state index contributed by atoms with van der Waals surface area (Å²) in [5.41, 5.74) is 1.16. The van der Waals surface area contributed by atoms with Crippen LogP contribution in [0.4, 0.5) is 15.9 Å². The molecule has 2 aromatic heterocycles. The highest BCUT2D eigenvalue weighted by atomic mass is 19.1. The third-order valence-corrected chi connectivity index (χ3v) is 2.39. The molecule has 0 atom stereocenters. The molecule has 17 heavy (non-hydrogen) atoms. The van der Waals surface area contributed by atoms with Gasteiger partial charge >= 0.3 is 0 Å². The Morgan fingerprint density at radius 3 is 2.88 bits per heavy atom. The smallest absolute Gasteiger partial charge is 0.153 e. The maximum Gasteiger partial charge on any atom is 0.153 e. The Labute approximate surface area is 96.7 Å². The summed E-state index contributed by atoms with van der Waals surface area (Å²) in [4.78, 5) is 4.08. The van der Waals surface area contributed by atoms with Crippen molar-refractivity contribution in [2.45, 2.75) is 0 Å². The summed E-state index contributed by atoms with van der Waals surface area (Å²) in [6.45, 7) is 0. The third kappa shape index (κ3) is 1.82. The summed E-state index contributed by atoms with van der Waals surface area (Å²) in [7, 11) is 0. The van der Waals surface area contributed by atoms with Crippen LogP contribution in [0.25, 0.3) is 5.65 Å². The third-order valence-electron chi connectivity index (χ3n) is 2.39. The van der Waals surface area contributed by atoms with Crippen LogP contribution in [0.1, 0.15) is 0 Å². The van der Waals surface area contributed by atoms with Gasteiger partial charge in [-0.1, -0.05) is 12.1 Å². The minimum atomic E-state index is -0.306. The monoisotopic (exact) mass is 228 g/mol. The molecule has 0 saturated carbocycles. The van der Waals surface area contributed by atoms with Crippen LogP contribution in [0.15, 0.2) is 48.8 Å². The average molecular weight is 228 g/mol. The molecule has 0 radical (unpaired) electrons. The number of halogens is 1. The van der Waals surface area contributed by atoms with Gasteiger partial charge in [0.05, 0.1) is 5.69 Å². The van der Waals surface area contributed by atoms with Gasteiger partial charge in [-0.3, -0.25) is 0 Å². The summed E-state index contributed by atoms with van der Waals surface area (Å²) in [6.07, 6.45) is 3.40. The molecular weight excluding hydrogens is 219 g/mol. The molecule has 84 valence electrons. The zero-order chi connectivity index (χ0) is 11.7. The van der Waals surface area contributed by atoms with Crippen molar-refractivity contribution in [2.75, 3.05) is 5.32 Å². The van der Waals surface area contributed by atoms with Crippen LogP contribution >= 0.6 is 0 Å². The number of nitrogens with one attached hydrogen (secondary N) is 1. The topological polar surface area (TPSA) is 42.2 Å². The van der Waals surface area contributed by atoms with Gasteiger partial charge < -0.3 is 5.32 Å². The molecule has 0 saturated heterocycles. The summed E-state index contributed by atoms with van der Waals surface area (Å²) in [5, 5.41) is 7.17. The number of para-hydroxylation sites is 1. The van der Waals surface area contributed by atoms with Crippen LogP contribution < -0.4 is 5.32 Å². The molecule has 0 amide bonds. The van der Waals surface area contributed by atoms with Gasteiger partial charge in [-0.05, 0) is 24.3 Å². The predicted octanol–water partition coefficient (Wildman–Crippen LogP) is 2.61. The quantitative estimate of drug-likeness (QED) is 0.733. The van der Waals surface area contributed by atoms with Crippen molar-refractivity contribution >= 4 is 17.2 Å². The van der Waals surface area contributed by atoms with Gasteiger partial charge in [-0.25, -0.2) is 13.9 Å². The zero-order valence-corrected chi connectivity index (χ0v) is 8.84. The van der Waals surface area contributed by atoms with Gasteiger partial charge in [0.25, 0.3) is 0 Å². The van der Waals surface area contributed by atoms with E-state index in [1.165, 1.54) is 6.07 Å². The molecule has 0 bridgehead atoms. The fraction of sp³-hybridized carbons (Fsp3) is 0. The number of fused-ring (bicyclic) bond motifs is 1. The van der Waals surface area contributed by atoms with Gasteiger partial charge in [0.2, 0.25) is 0 Å². The Balaban J connectivity index is 1.97. The molecule has 3 rings (SSSR count). The van der Waals surface area contributed by atoms with E-state index in [0.29, 0.717) is 11.5 Å². The lowest BCUT2D eigenvalue weighted by molar-refractivity contribution is 0.631. The molecule has 3 aromatic rings. The maximum atomic E-state index is 13.4. The van der Waals surface area contributed by atoms with Crippen LogP contribution in [0.2, 0.25) is 0 Å². The molecule has 0 spiro atoms. The summed E-state index contributed by atoms with van der Waals surface area (Å²) in [5.74, 6) is 0.264. The molecule has 0 unspecified atom stereocenters. The van der Waals surface area contributed by atoms with E-state index in [2.05, 4.69) is 15.4 Å². The van der Waals surface area contributed by atoms with Crippen molar-refractivity contribution in [3.8, 4) is 0 Å². The highest BCUT2D eigenvalue weighted by Crippen LogP contribution is 2.17. The number of hydrogen-bond acceptors (Lipinski definition) is 3.